The molecule has 1 aliphatic heterocycles. The lowest BCUT2D eigenvalue weighted by molar-refractivity contribution is -0.140. The summed E-state index contributed by atoms with van der Waals surface area (Å²) in [5, 5.41) is 4.30. The van der Waals surface area contributed by atoms with Crippen molar-refractivity contribution < 1.29 is 9.53 Å². The third-order valence-electron chi connectivity index (χ3n) is 4.71. The number of amides is 1. The molecule has 3 rings (SSSR count). The Bertz CT molecular complexity index is 480. The highest BCUT2D eigenvalue weighted by Gasteiger charge is 2.28. The highest BCUT2D eigenvalue weighted by atomic mass is 16.5. The molecular weight excluding hydrogens is 266 g/mol. The van der Waals surface area contributed by atoms with E-state index in [1.54, 1.807) is 0 Å². The van der Waals surface area contributed by atoms with Crippen LogP contribution in [0.3, 0.4) is 0 Å². The fraction of sp³-hybridized carbons (Fsp3) is 0.750. The minimum atomic E-state index is -0.0217. The molecule has 1 aromatic rings. The van der Waals surface area contributed by atoms with E-state index in [4.69, 9.17) is 4.74 Å². The Morgan fingerprint density at radius 3 is 2.95 bits per heavy atom. The lowest BCUT2D eigenvalue weighted by Crippen LogP contribution is -2.42. The summed E-state index contributed by atoms with van der Waals surface area (Å²) in [6.45, 7) is 4.94. The first-order chi connectivity index (χ1) is 10.3. The Labute approximate surface area is 126 Å². The highest BCUT2D eigenvalue weighted by Crippen LogP contribution is 2.29. The van der Waals surface area contributed by atoms with Crippen molar-refractivity contribution in [2.24, 2.45) is 5.92 Å². The van der Waals surface area contributed by atoms with Crippen molar-refractivity contribution in [3.63, 3.8) is 0 Å². The van der Waals surface area contributed by atoms with Crippen LogP contribution in [-0.2, 0) is 16.1 Å². The molecule has 1 saturated heterocycles. The normalized spacial score (nSPS) is 23.7. The number of ether oxygens (including phenoxy) is 1. The minimum absolute atomic E-state index is 0.0217. The molecule has 1 amide bonds. The van der Waals surface area contributed by atoms with Gasteiger partial charge in [-0.2, -0.15) is 5.10 Å². The molecule has 0 unspecified atom stereocenters. The van der Waals surface area contributed by atoms with E-state index in [0.717, 1.165) is 25.1 Å². The van der Waals surface area contributed by atoms with E-state index in [0.29, 0.717) is 25.0 Å². The van der Waals surface area contributed by atoms with Crippen LogP contribution in [0.2, 0.25) is 0 Å². The van der Waals surface area contributed by atoms with E-state index < -0.39 is 0 Å². The molecule has 1 aliphatic carbocycles. The number of carbonyl (C=O) groups excluding carboxylic acids is 1. The van der Waals surface area contributed by atoms with Crippen LogP contribution in [0.5, 0.6) is 0 Å². The summed E-state index contributed by atoms with van der Waals surface area (Å²) >= 11 is 0. The summed E-state index contributed by atoms with van der Waals surface area (Å²) < 4.78 is 7.73. The number of aromatic nitrogens is 2. The zero-order valence-electron chi connectivity index (χ0n) is 12.8. The Balaban J connectivity index is 1.58. The zero-order valence-corrected chi connectivity index (χ0v) is 12.8. The summed E-state index contributed by atoms with van der Waals surface area (Å²) in [7, 11) is 0. The van der Waals surface area contributed by atoms with Crippen LogP contribution in [0.4, 0.5) is 0 Å². The van der Waals surface area contributed by atoms with Crippen molar-refractivity contribution in [3.8, 4) is 0 Å². The first-order valence-electron chi connectivity index (χ1n) is 8.18. The molecule has 1 saturated carbocycles. The topological polar surface area (TPSA) is 47.4 Å². The highest BCUT2D eigenvalue weighted by molar-refractivity contribution is 5.76. The van der Waals surface area contributed by atoms with Gasteiger partial charge in [0.1, 0.15) is 6.10 Å². The van der Waals surface area contributed by atoms with Gasteiger partial charge in [-0.1, -0.05) is 12.8 Å². The van der Waals surface area contributed by atoms with Crippen LogP contribution in [-0.4, -0.2) is 40.3 Å². The fourth-order valence-electron chi connectivity index (χ4n) is 3.39. The maximum Gasteiger partial charge on any atom is 0.223 e. The van der Waals surface area contributed by atoms with Gasteiger partial charge in [0, 0.05) is 31.3 Å². The maximum absolute atomic E-state index is 12.4. The standard InChI is InChI=1S/C16H25N3O2/c1-2-19-11-14(10-17-19)15-12-18(7-8-21-15)16(20)9-13-5-3-4-6-13/h10-11,13,15H,2-9,12H2,1H3/t15-/m0/s1. The number of nitrogens with zero attached hydrogens (tertiary/aromatic N) is 3. The van der Waals surface area contributed by atoms with E-state index in [1.807, 2.05) is 22.0 Å². The molecule has 1 atom stereocenters. The second-order valence-electron chi connectivity index (χ2n) is 6.18. The monoisotopic (exact) mass is 291 g/mol. The molecule has 0 spiro atoms. The van der Waals surface area contributed by atoms with Gasteiger partial charge in [-0.3, -0.25) is 9.48 Å². The van der Waals surface area contributed by atoms with Crippen LogP contribution in [0.25, 0.3) is 0 Å². The van der Waals surface area contributed by atoms with Crippen molar-refractivity contribution in [3.05, 3.63) is 18.0 Å². The van der Waals surface area contributed by atoms with Gasteiger partial charge < -0.3 is 9.64 Å². The van der Waals surface area contributed by atoms with Gasteiger partial charge >= 0.3 is 0 Å². The van der Waals surface area contributed by atoms with E-state index in [2.05, 4.69) is 12.0 Å². The molecule has 0 bridgehead atoms. The average molecular weight is 291 g/mol. The smallest absolute Gasteiger partial charge is 0.223 e. The lowest BCUT2D eigenvalue weighted by atomic mass is 10.0. The first kappa shape index (κ1) is 14.6. The number of hydrogen-bond acceptors (Lipinski definition) is 3. The summed E-state index contributed by atoms with van der Waals surface area (Å²) in [5.41, 5.74) is 1.08. The SMILES string of the molecule is CCn1cc([C@@H]2CN(C(=O)CC3CCCC3)CCO2)cn1. The summed E-state index contributed by atoms with van der Waals surface area (Å²) in [4.78, 5) is 14.4. The molecule has 5 nitrogen and oxygen atoms in total. The molecule has 1 aromatic heterocycles. The molecule has 5 heteroatoms. The Morgan fingerprint density at radius 1 is 1.43 bits per heavy atom. The number of aryl methyl sites for hydroxylation is 1. The van der Waals surface area contributed by atoms with E-state index in [1.165, 1.54) is 25.7 Å². The number of morpholine rings is 1. The molecule has 2 aliphatic rings. The number of rotatable bonds is 4. The molecule has 2 fully saturated rings. The Kier molecular flexibility index (Phi) is 4.58. The molecule has 0 radical (unpaired) electrons. The summed E-state index contributed by atoms with van der Waals surface area (Å²) in [6, 6.07) is 0. The van der Waals surface area contributed by atoms with Gasteiger partial charge in [-0.25, -0.2) is 0 Å². The maximum atomic E-state index is 12.4. The number of carbonyl (C=O) groups is 1. The second-order valence-corrected chi connectivity index (χ2v) is 6.18. The van der Waals surface area contributed by atoms with Crippen molar-refractivity contribution in [2.75, 3.05) is 19.7 Å². The van der Waals surface area contributed by atoms with Gasteiger partial charge in [-0.05, 0) is 25.7 Å². The van der Waals surface area contributed by atoms with Gasteiger partial charge in [0.15, 0.2) is 0 Å². The lowest BCUT2D eigenvalue weighted by Gasteiger charge is -2.33. The minimum Gasteiger partial charge on any atom is -0.370 e. The Morgan fingerprint density at radius 2 is 2.24 bits per heavy atom. The van der Waals surface area contributed by atoms with E-state index >= 15 is 0 Å². The van der Waals surface area contributed by atoms with E-state index in [9.17, 15) is 4.79 Å². The molecule has 21 heavy (non-hydrogen) atoms. The van der Waals surface area contributed by atoms with Crippen LogP contribution in [0.15, 0.2) is 12.4 Å². The summed E-state index contributed by atoms with van der Waals surface area (Å²) in [5.74, 6) is 0.916. The quantitative estimate of drug-likeness (QED) is 0.855. The van der Waals surface area contributed by atoms with Gasteiger partial charge in [0.2, 0.25) is 5.91 Å². The van der Waals surface area contributed by atoms with Gasteiger partial charge in [0.05, 0.1) is 19.3 Å². The van der Waals surface area contributed by atoms with Crippen molar-refractivity contribution >= 4 is 5.91 Å². The van der Waals surface area contributed by atoms with E-state index in [-0.39, 0.29) is 6.10 Å². The predicted molar refractivity (Wildman–Crippen MR) is 79.7 cm³/mol. The van der Waals surface area contributed by atoms with Crippen molar-refractivity contribution in [2.45, 2.75) is 51.7 Å². The average Bonchev–Trinajstić information content (AvgIpc) is 3.18. The van der Waals surface area contributed by atoms with Crippen LogP contribution in [0.1, 0.15) is 50.7 Å². The van der Waals surface area contributed by atoms with Gasteiger partial charge in [0.25, 0.3) is 0 Å². The third-order valence-corrected chi connectivity index (χ3v) is 4.71. The second kappa shape index (κ2) is 6.60. The van der Waals surface area contributed by atoms with Crippen LogP contribution in [0, 0.1) is 5.92 Å². The van der Waals surface area contributed by atoms with Crippen LogP contribution >= 0.6 is 0 Å². The molecule has 0 aromatic carbocycles. The van der Waals surface area contributed by atoms with Gasteiger partial charge in [-0.15, -0.1) is 0 Å². The molecule has 2 heterocycles. The largest absolute Gasteiger partial charge is 0.370 e. The van der Waals surface area contributed by atoms with Crippen molar-refractivity contribution in [1.29, 1.82) is 0 Å². The van der Waals surface area contributed by atoms with Crippen molar-refractivity contribution in [1.82, 2.24) is 14.7 Å². The summed E-state index contributed by atoms with van der Waals surface area (Å²) in [6.07, 6.45) is 9.62. The molecule has 116 valence electrons. The molecule has 0 N–H and O–H groups in total. The predicted octanol–water partition coefficient (Wildman–Crippen LogP) is 2.38. The fourth-order valence-corrected chi connectivity index (χ4v) is 3.39. The third kappa shape index (κ3) is 3.46. The zero-order chi connectivity index (χ0) is 14.7. The number of hydrogen-bond donors (Lipinski definition) is 0. The Hall–Kier alpha value is -1.36. The van der Waals surface area contributed by atoms with Crippen LogP contribution < -0.4 is 0 Å². The first-order valence-corrected chi connectivity index (χ1v) is 8.18. The molecular formula is C16H25N3O2.